The van der Waals surface area contributed by atoms with Gasteiger partial charge in [0.2, 0.25) is 5.88 Å². The van der Waals surface area contributed by atoms with Gasteiger partial charge in [-0.05, 0) is 38.8 Å². The minimum absolute atomic E-state index is 0.0629. The molecule has 0 aliphatic carbocycles. The Morgan fingerprint density at radius 1 is 1.20 bits per heavy atom. The van der Waals surface area contributed by atoms with Crippen LogP contribution in [0.4, 0.5) is 13.2 Å². The van der Waals surface area contributed by atoms with E-state index in [2.05, 4.69) is 16.9 Å². The molecular formula is C14H17F3N2O. The zero-order valence-electron chi connectivity index (χ0n) is 11.2. The number of aromatic nitrogens is 1. The highest BCUT2D eigenvalue weighted by Gasteiger charge is 2.39. The SMILES string of the molecule is CN1[C@@H]2CC[C@H]1C[C@H](Oc1ccc(C(F)(F)F)cn1)C2. The molecule has 0 unspecified atom stereocenters. The van der Waals surface area contributed by atoms with Crippen molar-refractivity contribution in [1.82, 2.24) is 9.88 Å². The smallest absolute Gasteiger partial charge is 0.417 e. The highest BCUT2D eigenvalue weighted by Crippen LogP contribution is 2.36. The highest BCUT2D eigenvalue weighted by molar-refractivity contribution is 5.20. The van der Waals surface area contributed by atoms with Crippen molar-refractivity contribution in [3.8, 4) is 5.88 Å². The van der Waals surface area contributed by atoms with Crippen LogP contribution in [0.3, 0.4) is 0 Å². The molecule has 2 aliphatic rings. The summed E-state index contributed by atoms with van der Waals surface area (Å²) in [6, 6.07) is 3.40. The van der Waals surface area contributed by atoms with Gasteiger partial charge in [-0.2, -0.15) is 13.2 Å². The molecule has 0 aromatic carbocycles. The van der Waals surface area contributed by atoms with Crippen molar-refractivity contribution in [2.24, 2.45) is 0 Å². The van der Waals surface area contributed by atoms with Crippen molar-refractivity contribution in [2.75, 3.05) is 7.05 Å². The Balaban J connectivity index is 1.64. The molecule has 0 radical (unpaired) electrons. The summed E-state index contributed by atoms with van der Waals surface area (Å²) in [7, 11) is 2.13. The van der Waals surface area contributed by atoms with Gasteiger partial charge >= 0.3 is 6.18 Å². The van der Waals surface area contributed by atoms with E-state index in [-0.39, 0.29) is 12.0 Å². The zero-order chi connectivity index (χ0) is 14.3. The Morgan fingerprint density at radius 3 is 2.35 bits per heavy atom. The summed E-state index contributed by atoms with van der Waals surface area (Å²) < 4.78 is 43.1. The number of alkyl halides is 3. The third kappa shape index (κ3) is 2.61. The number of ether oxygens (including phenoxy) is 1. The Kier molecular flexibility index (Phi) is 3.36. The normalized spacial score (nSPS) is 30.5. The van der Waals surface area contributed by atoms with Gasteiger partial charge in [0.05, 0.1) is 5.56 Å². The molecule has 110 valence electrons. The molecule has 1 aromatic heterocycles. The van der Waals surface area contributed by atoms with Crippen LogP contribution in [0, 0.1) is 0 Å². The lowest BCUT2D eigenvalue weighted by atomic mass is 10.0. The lowest BCUT2D eigenvalue weighted by molar-refractivity contribution is -0.137. The monoisotopic (exact) mass is 286 g/mol. The van der Waals surface area contributed by atoms with Crippen LogP contribution in [0.15, 0.2) is 18.3 Å². The van der Waals surface area contributed by atoms with E-state index in [0.717, 1.165) is 25.1 Å². The van der Waals surface area contributed by atoms with Crippen molar-refractivity contribution in [1.29, 1.82) is 0 Å². The molecule has 3 atom stereocenters. The Morgan fingerprint density at radius 2 is 1.85 bits per heavy atom. The van der Waals surface area contributed by atoms with E-state index in [1.807, 2.05) is 0 Å². The summed E-state index contributed by atoms with van der Waals surface area (Å²) in [5.41, 5.74) is -0.742. The maximum absolute atomic E-state index is 12.4. The fourth-order valence-corrected chi connectivity index (χ4v) is 3.25. The summed E-state index contributed by atoms with van der Waals surface area (Å²) in [6.45, 7) is 0. The average Bonchev–Trinajstić information content (AvgIpc) is 2.62. The minimum atomic E-state index is -4.35. The number of hydrogen-bond donors (Lipinski definition) is 0. The van der Waals surface area contributed by atoms with Crippen LogP contribution < -0.4 is 4.74 Å². The molecule has 3 nitrogen and oxygen atoms in total. The number of pyridine rings is 1. The van der Waals surface area contributed by atoms with Crippen LogP contribution in [0.1, 0.15) is 31.2 Å². The van der Waals surface area contributed by atoms with Gasteiger partial charge in [0.1, 0.15) is 6.10 Å². The van der Waals surface area contributed by atoms with E-state index in [1.165, 1.54) is 18.9 Å². The number of nitrogens with zero attached hydrogens (tertiary/aromatic N) is 2. The zero-order valence-corrected chi connectivity index (χ0v) is 11.2. The van der Waals surface area contributed by atoms with Crippen LogP contribution in [0.2, 0.25) is 0 Å². The first-order valence-corrected chi connectivity index (χ1v) is 6.85. The van der Waals surface area contributed by atoms with Gasteiger partial charge in [-0.3, -0.25) is 0 Å². The molecule has 3 rings (SSSR count). The second-order valence-corrected chi connectivity index (χ2v) is 5.64. The molecule has 2 bridgehead atoms. The standard InChI is InChI=1S/C14H17F3N2O/c1-19-10-3-4-11(19)7-12(6-10)20-13-5-2-9(8-18-13)14(15,16)17/h2,5,8,10-12H,3-4,6-7H2,1H3/t10-,11+,12-. The van der Waals surface area contributed by atoms with E-state index in [9.17, 15) is 13.2 Å². The van der Waals surface area contributed by atoms with E-state index in [0.29, 0.717) is 12.1 Å². The number of rotatable bonds is 2. The van der Waals surface area contributed by atoms with Gasteiger partial charge in [-0.15, -0.1) is 0 Å². The average molecular weight is 286 g/mol. The van der Waals surface area contributed by atoms with Gasteiger partial charge < -0.3 is 9.64 Å². The summed E-state index contributed by atoms with van der Waals surface area (Å²) in [6.07, 6.45) is 0.763. The molecule has 0 saturated carbocycles. The first-order chi connectivity index (χ1) is 9.43. The van der Waals surface area contributed by atoms with Crippen LogP contribution in [0.25, 0.3) is 0 Å². The Bertz CT molecular complexity index is 460. The van der Waals surface area contributed by atoms with Gasteiger partial charge in [0, 0.05) is 24.3 Å². The van der Waals surface area contributed by atoms with Crippen molar-refractivity contribution in [3.63, 3.8) is 0 Å². The molecule has 2 aliphatic heterocycles. The maximum atomic E-state index is 12.4. The number of piperidine rings is 1. The van der Waals surface area contributed by atoms with Gasteiger partial charge in [-0.25, -0.2) is 4.98 Å². The van der Waals surface area contributed by atoms with E-state index in [4.69, 9.17) is 4.74 Å². The topological polar surface area (TPSA) is 25.4 Å². The fourth-order valence-electron chi connectivity index (χ4n) is 3.25. The summed E-state index contributed by atoms with van der Waals surface area (Å²) in [5.74, 6) is 0.284. The molecule has 0 N–H and O–H groups in total. The predicted molar refractivity (Wildman–Crippen MR) is 67.5 cm³/mol. The first-order valence-electron chi connectivity index (χ1n) is 6.85. The van der Waals surface area contributed by atoms with Crippen LogP contribution >= 0.6 is 0 Å². The lowest BCUT2D eigenvalue weighted by Crippen LogP contribution is -2.43. The quantitative estimate of drug-likeness (QED) is 0.835. The van der Waals surface area contributed by atoms with Crippen LogP contribution in [0.5, 0.6) is 5.88 Å². The molecule has 2 fully saturated rings. The number of fused-ring (bicyclic) bond motifs is 2. The molecule has 20 heavy (non-hydrogen) atoms. The molecule has 1 aromatic rings. The van der Waals surface area contributed by atoms with Crippen molar-refractivity contribution in [3.05, 3.63) is 23.9 Å². The third-order valence-electron chi connectivity index (χ3n) is 4.41. The maximum Gasteiger partial charge on any atom is 0.417 e. The van der Waals surface area contributed by atoms with Crippen molar-refractivity contribution < 1.29 is 17.9 Å². The molecule has 6 heteroatoms. The molecular weight excluding hydrogens is 269 g/mol. The van der Waals surface area contributed by atoms with Crippen LogP contribution in [-0.4, -0.2) is 35.1 Å². The molecule has 0 amide bonds. The Hall–Kier alpha value is -1.30. The van der Waals surface area contributed by atoms with Gasteiger partial charge in [-0.1, -0.05) is 0 Å². The van der Waals surface area contributed by atoms with Crippen LogP contribution in [-0.2, 0) is 6.18 Å². The minimum Gasteiger partial charge on any atom is -0.474 e. The van der Waals surface area contributed by atoms with Crippen molar-refractivity contribution in [2.45, 2.75) is 50.0 Å². The second-order valence-electron chi connectivity index (χ2n) is 5.64. The fraction of sp³-hybridized carbons (Fsp3) is 0.643. The number of hydrogen-bond acceptors (Lipinski definition) is 3. The highest BCUT2D eigenvalue weighted by atomic mass is 19.4. The lowest BCUT2D eigenvalue weighted by Gasteiger charge is -2.36. The van der Waals surface area contributed by atoms with Crippen molar-refractivity contribution >= 4 is 0 Å². The summed E-state index contributed by atoms with van der Waals surface area (Å²) in [5, 5.41) is 0. The molecule has 0 spiro atoms. The second kappa shape index (κ2) is 4.91. The first kappa shape index (κ1) is 13.7. The molecule has 2 saturated heterocycles. The third-order valence-corrected chi connectivity index (χ3v) is 4.41. The van der Waals surface area contributed by atoms with Gasteiger partial charge in [0.25, 0.3) is 0 Å². The summed E-state index contributed by atoms with van der Waals surface area (Å²) >= 11 is 0. The van der Waals surface area contributed by atoms with E-state index >= 15 is 0 Å². The number of halogens is 3. The van der Waals surface area contributed by atoms with E-state index < -0.39 is 11.7 Å². The predicted octanol–water partition coefficient (Wildman–Crippen LogP) is 3.10. The largest absolute Gasteiger partial charge is 0.474 e. The molecule has 3 heterocycles. The summed E-state index contributed by atoms with van der Waals surface area (Å²) in [4.78, 5) is 6.16. The van der Waals surface area contributed by atoms with E-state index in [1.54, 1.807) is 0 Å². The van der Waals surface area contributed by atoms with Gasteiger partial charge in [0.15, 0.2) is 0 Å². The Labute approximate surface area is 115 Å².